The summed E-state index contributed by atoms with van der Waals surface area (Å²) in [4.78, 5) is 13.2. The zero-order valence-corrected chi connectivity index (χ0v) is 11.8. The number of nitrogens with zero attached hydrogens (tertiary/aromatic N) is 2. The van der Waals surface area contributed by atoms with Gasteiger partial charge < -0.3 is 14.6 Å². The molecule has 0 aliphatic carbocycles. The lowest BCUT2D eigenvalue weighted by Gasteiger charge is -2.11. The Kier molecular flexibility index (Phi) is 4.12. The first-order valence-electron chi connectivity index (χ1n) is 6.11. The molecule has 0 saturated heterocycles. The van der Waals surface area contributed by atoms with Crippen LogP contribution < -0.4 is 0 Å². The van der Waals surface area contributed by atoms with Crippen molar-refractivity contribution in [1.82, 2.24) is 9.47 Å². The standard InChI is InChI=1S/C14H17ClN2O2/c1-16(2)14(19)5-6-17-8-10(9-18)12-4-3-11(15)7-13(12)17/h3-4,7-8,18H,5-6,9H2,1-2H3. The molecular formula is C14H17ClN2O2. The summed E-state index contributed by atoms with van der Waals surface area (Å²) in [5, 5.41) is 11.0. The molecule has 102 valence electrons. The molecule has 1 amide bonds. The van der Waals surface area contributed by atoms with E-state index in [1.54, 1.807) is 25.1 Å². The summed E-state index contributed by atoms with van der Waals surface area (Å²) >= 11 is 6.01. The monoisotopic (exact) mass is 280 g/mol. The first-order chi connectivity index (χ1) is 9.02. The van der Waals surface area contributed by atoms with E-state index >= 15 is 0 Å². The van der Waals surface area contributed by atoms with Crippen LogP contribution in [0.4, 0.5) is 0 Å². The summed E-state index contributed by atoms with van der Waals surface area (Å²) in [6.45, 7) is 0.556. The highest BCUT2D eigenvalue weighted by Crippen LogP contribution is 2.25. The lowest BCUT2D eigenvalue weighted by molar-refractivity contribution is -0.128. The molecule has 19 heavy (non-hydrogen) atoms. The van der Waals surface area contributed by atoms with Crippen molar-refractivity contribution in [2.75, 3.05) is 14.1 Å². The number of aliphatic hydroxyl groups is 1. The Hall–Kier alpha value is -1.52. The van der Waals surface area contributed by atoms with Crippen molar-refractivity contribution >= 4 is 28.4 Å². The normalized spacial score (nSPS) is 10.9. The summed E-state index contributed by atoms with van der Waals surface area (Å²) in [5.41, 5.74) is 1.80. The van der Waals surface area contributed by atoms with Crippen molar-refractivity contribution in [3.8, 4) is 0 Å². The van der Waals surface area contributed by atoms with E-state index in [0.29, 0.717) is 18.0 Å². The van der Waals surface area contributed by atoms with E-state index in [-0.39, 0.29) is 12.5 Å². The van der Waals surface area contributed by atoms with Crippen molar-refractivity contribution in [1.29, 1.82) is 0 Å². The van der Waals surface area contributed by atoms with Gasteiger partial charge in [0.25, 0.3) is 0 Å². The third-order valence-electron chi connectivity index (χ3n) is 3.16. The zero-order chi connectivity index (χ0) is 14.0. The molecule has 2 rings (SSSR count). The molecule has 0 saturated carbocycles. The number of aliphatic hydroxyl groups excluding tert-OH is 1. The van der Waals surface area contributed by atoms with Crippen molar-refractivity contribution in [3.63, 3.8) is 0 Å². The van der Waals surface area contributed by atoms with Gasteiger partial charge in [0, 0.05) is 54.7 Å². The van der Waals surface area contributed by atoms with Crippen LogP contribution in [0.2, 0.25) is 5.02 Å². The number of hydrogen-bond acceptors (Lipinski definition) is 2. The molecule has 4 nitrogen and oxygen atoms in total. The summed E-state index contributed by atoms with van der Waals surface area (Å²) in [5.74, 6) is 0.0782. The van der Waals surface area contributed by atoms with Crippen molar-refractivity contribution < 1.29 is 9.90 Å². The average molecular weight is 281 g/mol. The molecule has 1 aromatic heterocycles. The summed E-state index contributed by atoms with van der Waals surface area (Å²) in [6.07, 6.45) is 2.30. The second kappa shape index (κ2) is 5.63. The van der Waals surface area contributed by atoms with Crippen LogP contribution in [0.5, 0.6) is 0 Å². The number of carbonyl (C=O) groups excluding carboxylic acids is 1. The van der Waals surface area contributed by atoms with Crippen LogP contribution in [0.1, 0.15) is 12.0 Å². The molecule has 2 aromatic rings. The number of halogens is 1. The van der Waals surface area contributed by atoms with Gasteiger partial charge in [-0.25, -0.2) is 0 Å². The lowest BCUT2D eigenvalue weighted by atomic mass is 10.2. The number of aryl methyl sites for hydroxylation is 1. The quantitative estimate of drug-likeness (QED) is 0.934. The van der Waals surface area contributed by atoms with Gasteiger partial charge >= 0.3 is 0 Å². The smallest absolute Gasteiger partial charge is 0.223 e. The number of hydrogen-bond donors (Lipinski definition) is 1. The van der Waals surface area contributed by atoms with Gasteiger partial charge in [0.2, 0.25) is 5.91 Å². The maximum Gasteiger partial charge on any atom is 0.223 e. The molecule has 0 fully saturated rings. The molecule has 1 N–H and O–H groups in total. The molecule has 0 spiro atoms. The number of benzene rings is 1. The fourth-order valence-corrected chi connectivity index (χ4v) is 2.26. The van der Waals surface area contributed by atoms with Gasteiger partial charge in [-0.15, -0.1) is 0 Å². The van der Waals surface area contributed by atoms with E-state index in [9.17, 15) is 9.90 Å². The number of fused-ring (bicyclic) bond motifs is 1. The molecule has 1 aromatic carbocycles. The number of aromatic nitrogens is 1. The second-order valence-electron chi connectivity index (χ2n) is 4.71. The first-order valence-corrected chi connectivity index (χ1v) is 6.49. The van der Waals surface area contributed by atoms with E-state index in [1.165, 1.54) is 0 Å². The first kappa shape index (κ1) is 13.9. The molecule has 0 atom stereocenters. The van der Waals surface area contributed by atoms with Gasteiger partial charge in [-0.2, -0.15) is 0 Å². The molecule has 0 aliphatic rings. The minimum absolute atomic E-state index is 0.0211. The van der Waals surface area contributed by atoms with E-state index in [1.807, 2.05) is 22.9 Å². The Bertz CT molecular complexity index is 605. The van der Waals surface area contributed by atoms with Gasteiger partial charge in [-0.05, 0) is 12.1 Å². The SMILES string of the molecule is CN(C)C(=O)CCn1cc(CO)c2ccc(Cl)cc21. The second-order valence-corrected chi connectivity index (χ2v) is 5.14. The van der Waals surface area contributed by atoms with E-state index in [4.69, 9.17) is 11.6 Å². The minimum Gasteiger partial charge on any atom is -0.392 e. The van der Waals surface area contributed by atoms with Crippen molar-refractivity contribution in [3.05, 3.63) is 35.0 Å². The predicted molar refractivity (Wildman–Crippen MR) is 76.2 cm³/mol. The Morgan fingerprint density at radius 3 is 2.79 bits per heavy atom. The third kappa shape index (κ3) is 2.91. The van der Waals surface area contributed by atoms with Gasteiger partial charge in [-0.1, -0.05) is 17.7 Å². The molecule has 1 heterocycles. The highest BCUT2D eigenvalue weighted by atomic mass is 35.5. The van der Waals surface area contributed by atoms with Gasteiger partial charge in [0.1, 0.15) is 0 Å². The predicted octanol–water partition coefficient (Wildman–Crippen LogP) is 2.27. The lowest BCUT2D eigenvalue weighted by Crippen LogP contribution is -2.22. The molecule has 0 radical (unpaired) electrons. The average Bonchev–Trinajstić information content (AvgIpc) is 2.73. The van der Waals surface area contributed by atoms with Gasteiger partial charge in [0.05, 0.1) is 6.61 Å². The van der Waals surface area contributed by atoms with Crippen molar-refractivity contribution in [2.24, 2.45) is 0 Å². The Labute approximate surface area is 117 Å². The van der Waals surface area contributed by atoms with E-state index in [2.05, 4.69) is 0 Å². The maximum absolute atomic E-state index is 11.6. The maximum atomic E-state index is 11.6. The van der Waals surface area contributed by atoms with Gasteiger partial charge in [-0.3, -0.25) is 4.79 Å². The largest absolute Gasteiger partial charge is 0.392 e. The highest BCUT2D eigenvalue weighted by molar-refractivity contribution is 6.31. The van der Waals surface area contributed by atoms with Crippen LogP contribution in [0, 0.1) is 0 Å². The summed E-state index contributed by atoms with van der Waals surface area (Å²) in [6, 6.07) is 5.56. The Balaban J connectivity index is 2.32. The zero-order valence-electron chi connectivity index (χ0n) is 11.1. The number of amides is 1. The van der Waals surface area contributed by atoms with Crippen molar-refractivity contribution in [2.45, 2.75) is 19.6 Å². The number of carbonyl (C=O) groups is 1. The van der Waals surface area contributed by atoms with Crippen LogP contribution >= 0.6 is 11.6 Å². The fourth-order valence-electron chi connectivity index (χ4n) is 2.09. The molecule has 0 unspecified atom stereocenters. The van der Waals surface area contributed by atoms with Gasteiger partial charge in [0.15, 0.2) is 0 Å². The van der Waals surface area contributed by atoms with Crippen LogP contribution in [0.3, 0.4) is 0 Å². The molecule has 0 bridgehead atoms. The molecule has 0 aliphatic heterocycles. The number of rotatable bonds is 4. The summed E-state index contributed by atoms with van der Waals surface area (Å²) < 4.78 is 1.97. The molecule has 5 heteroatoms. The van der Waals surface area contributed by atoms with E-state index in [0.717, 1.165) is 16.5 Å². The topological polar surface area (TPSA) is 45.5 Å². The Morgan fingerprint density at radius 1 is 1.42 bits per heavy atom. The minimum atomic E-state index is -0.0211. The van der Waals surface area contributed by atoms with E-state index < -0.39 is 0 Å². The van der Waals surface area contributed by atoms with Crippen LogP contribution in [-0.2, 0) is 17.9 Å². The highest BCUT2D eigenvalue weighted by Gasteiger charge is 2.10. The fraction of sp³-hybridized carbons (Fsp3) is 0.357. The molecular weight excluding hydrogens is 264 g/mol. The van der Waals surface area contributed by atoms with Crippen LogP contribution in [0.25, 0.3) is 10.9 Å². The third-order valence-corrected chi connectivity index (χ3v) is 3.40. The van der Waals surface area contributed by atoms with Crippen LogP contribution in [0.15, 0.2) is 24.4 Å². The van der Waals surface area contributed by atoms with Crippen LogP contribution in [-0.4, -0.2) is 34.6 Å². The summed E-state index contributed by atoms with van der Waals surface area (Å²) in [7, 11) is 3.48. The Morgan fingerprint density at radius 2 is 2.16 bits per heavy atom.